The van der Waals surface area contributed by atoms with E-state index in [1.54, 1.807) is 0 Å². The average molecular weight is 440 g/mol. The summed E-state index contributed by atoms with van der Waals surface area (Å²) in [5.74, 6) is -0.442. The highest BCUT2D eigenvalue weighted by Crippen LogP contribution is 2.19. The molecule has 5 N–H and O–H groups in total. The number of nitrogens with one attached hydrogen (secondary N) is 5. The van der Waals surface area contributed by atoms with Gasteiger partial charge in [0, 0.05) is 30.1 Å². The van der Waals surface area contributed by atoms with Crippen molar-refractivity contribution in [3.8, 4) is 0 Å². The third kappa shape index (κ3) is 6.45. The lowest BCUT2D eigenvalue weighted by molar-refractivity contribution is -0.123. The van der Waals surface area contributed by atoms with E-state index < -0.39 is 18.0 Å². The van der Waals surface area contributed by atoms with Crippen LogP contribution in [-0.2, 0) is 22.6 Å². The molecule has 1 unspecified atom stereocenters. The second-order valence-corrected chi connectivity index (χ2v) is 7.20. The number of para-hydroxylation sites is 1. The molecule has 2 aromatic carbocycles. The van der Waals surface area contributed by atoms with Crippen molar-refractivity contribution in [3.05, 3.63) is 71.9 Å². The van der Waals surface area contributed by atoms with Gasteiger partial charge in [-0.15, -0.1) is 0 Å². The summed E-state index contributed by atoms with van der Waals surface area (Å²) in [5.41, 5.74) is 7.87. The summed E-state index contributed by atoms with van der Waals surface area (Å²) in [4.78, 5) is 28.3. The number of fused-ring (bicyclic) bond motifs is 1. The summed E-state index contributed by atoms with van der Waals surface area (Å²) in [7, 11) is 0. The van der Waals surface area contributed by atoms with E-state index in [2.05, 4.69) is 26.5 Å². The molecule has 0 aliphatic carbocycles. The van der Waals surface area contributed by atoms with Gasteiger partial charge >= 0.3 is 6.09 Å². The molecule has 0 aliphatic heterocycles. The Labute approximate surface area is 185 Å². The van der Waals surface area contributed by atoms with Crippen molar-refractivity contribution in [2.24, 2.45) is 0 Å². The Balaban J connectivity index is 1.67. The van der Waals surface area contributed by atoms with Crippen LogP contribution in [0.4, 0.5) is 4.79 Å². The SMILES string of the molecule is CCNC(=S)NNC(=O)C(Cc1c[nH]c2ccccc12)NC(=O)OCc1ccccc1. The summed E-state index contributed by atoms with van der Waals surface area (Å²) in [6.45, 7) is 2.61. The second-order valence-electron chi connectivity index (χ2n) is 6.80. The molecule has 1 heterocycles. The minimum absolute atomic E-state index is 0.108. The zero-order chi connectivity index (χ0) is 22.1. The third-order valence-corrected chi connectivity index (χ3v) is 4.80. The van der Waals surface area contributed by atoms with Crippen molar-refractivity contribution in [3.63, 3.8) is 0 Å². The highest BCUT2D eigenvalue weighted by molar-refractivity contribution is 7.80. The van der Waals surface area contributed by atoms with Gasteiger partial charge in [-0.2, -0.15) is 0 Å². The number of aromatic nitrogens is 1. The molecule has 0 fully saturated rings. The van der Waals surface area contributed by atoms with E-state index in [9.17, 15) is 9.59 Å². The number of carbonyl (C=O) groups excluding carboxylic acids is 2. The van der Waals surface area contributed by atoms with Crippen molar-refractivity contribution >= 4 is 40.2 Å². The van der Waals surface area contributed by atoms with Crippen molar-refractivity contribution in [1.82, 2.24) is 26.5 Å². The minimum atomic E-state index is -0.876. The van der Waals surface area contributed by atoms with E-state index in [1.807, 2.05) is 67.7 Å². The average Bonchev–Trinajstić information content (AvgIpc) is 3.19. The zero-order valence-corrected chi connectivity index (χ0v) is 17.9. The predicted molar refractivity (Wildman–Crippen MR) is 123 cm³/mol. The first kappa shape index (κ1) is 22.1. The number of amides is 2. The molecule has 0 bridgehead atoms. The van der Waals surface area contributed by atoms with Gasteiger partial charge in [0.1, 0.15) is 12.6 Å². The number of H-pyrrole nitrogens is 1. The number of hydrogen-bond acceptors (Lipinski definition) is 4. The molecule has 162 valence electrons. The standard InChI is InChI=1S/C22H25N5O3S/c1-2-23-21(31)27-26-20(28)19(12-16-13-24-18-11-7-6-10-17(16)18)25-22(29)30-14-15-8-4-3-5-9-15/h3-11,13,19,24H,2,12,14H2,1H3,(H,25,29)(H,26,28)(H2,23,27,31). The molecule has 0 saturated carbocycles. The van der Waals surface area contributed by atoms with Gasteiger partial charge in [-0.05, 0) is 36.3 Å². The summed E-state index contributed by atoms with van der Waals surface area (Å²) in [6, 6.07) is 16.2. The second kappa shape index (κ2) is 11.0. The topological polar surface area (TPSA) is 107 Å². The lowest BCUT2D eigenvalue weighted by Crippen LogP contribution is -2.54. The van der Waals surface area contributed by atoms with Gasteiger partial charge in [0.2, 0.25) is 0 Å². The fraction of sp³-hybridized carbons (Fsp3) is 0.227. The maximum atomic E-state index is 12.8. The van der Waals surface area contributed by atoms with Crippen LogP contribution in [-0.4, -0.2) is 34.7 Å². The van der Waals surface area contributed by atoms with Gasteiger partial charge in [-0.3, -0.25) is 15.6 Å². The van der Waals surface area contributed by atoms with Gasteiger partial charge in [0.05, 0.1) is 0 Å². The first-order valence-electron chi connectivity index (χ1n) is 9.92. The quantitative estimate of drug-likeness (QED) is 0.286. The molecule has 1 aromatic heterocycles. The van der Waals surface area contributed by atoms with Crippen LogP contribution in [0.1, 0.15) is 18.1 Å². The third-order valence-electron chi connectivity index (χ3n) is 4.56. The Morgan fingerprint density at radius 1 is 1.06 bits per heavy atom. The number of aromatic amines is 1. The van der Waals surface area contributed by atoms with Gasteiger partial charge < -0.3 is 20.4 Å². The smallest absolute Gasteiger partial charge is 0.408 e. The molecule has 2 amide bonds. The molecule has 0 saturated heterocycles. The lowest BCUT2D eigenvalue weighted by Gasteiger charge is -2.19. The number of thiocarbonyl (C=S) groups is 1. The van der Waals surface area contributed by atoms with E-state index in [4.69, 9.17) is 17.0 Å². The summed E-state index contributed by atoms with van der Waals surface area (Å²) in [5, 5.41) is 6.80. The first-order chi connectivity index (χ1) is 15.1. The van der Waals surface area contributed by atoms with Crippen LogP contribution in [0.25, 0.3) is 10.9 Å². The molecule has 3 rings (SSSR count). The highest BCUT2D eigenvalue weighted by Gasteiger charge is 2.23. The van der Waals surface area contributed by atoms with Gasteiger partial charge in [-0.25, -0.2) is 4.79 Å². The summed E-state index contributed by atoms with van der Waals surface area (Å²) < 4.78 is 5.28. The molecule has 3 aromatic rings. The monoisotopic (exact) mass is 439 g/mol. The van der Waals surface area contributed by atoms with Crippen LogP contribution in [0.15, 0.2) is 60.8 Å². The molecule has 0 spiro atoms. The van der Waals surface area contributed by atoms with Gasteiger partial charge in [0.25, 0.3) is 5.91 Å². The summed E-state index contributed by atoms with van der Waals surface area (Å²) >= 11 is 5.07. The highest BCUT2D eigenvalue weighted by atomic mass is 32.1. The molecule has 1 atom stereocenters. The maximum absolute atomic E-state index is 12.8. The number of rotatable bonds is 7. The normalized spacial score (nSPS) is 11.4. The van der Waals surface area contributed by atoms with Crippen LogP contribution in [0.5, 0.6) is 0 Å². The van der Waals surface area contributed by atoms with E-state index in [1.165, 1.54) is 0 Å². The van der Waals surface area contributed by atoms with E-state index in [-0.39, 0.29) is 18.1 Å². The zero-order valence-electron chi connectivity index (χ0n) is 17.1. The van der Waals surface area contributed by atoms with E-state index in [0.717, 1.165) is 22.0 Å². The number of ether oxygens (including phenoxy) is 1. The molecule has 0 radical (unpaired) electrons. The van der Waals surface area contributed by atoms with Crippen LogP contribution in [0, 0.1) is 0 Å². The lowest BCUT2D eigenvalue weighted by atomic mass is 10.0. The van der Waals surface area contributed by atoms with Crippen molar-refractivity contribution in [1.29, 1.82) is 0 Å². The minimum Gasteiger partial charge on any atom is -0.445 e. The van der Waals surface area contributed by atoms with Gasteiger partial charge in [-0.1, -0.05) is 48.5 Å². The molecule has 31 heavy (non-hydrogen) atoms. The Kier molecular flexibility index (Phi) is 7.83. The van der Waals surface area contributed by atoms with Crippen molar-refractivity contribution in [2.75, 3.05) is 6.54 Å². The molecule has 0 aliphatic rings. The van der Waals surface area contributed by atoms with Gasteiger partial charge in [0.15, 0.2) is 5.11 Å². The van der Waals surface area contributed by atoms with Crippen LogP contribution < -0.4 is 21.5 Å². The fourth-order valence-corrected chi connectivity index (χ4v) is 3.24. The molecular formula is C22H25N5O3S. The van der Waals surface area contributed by atoms with Crippen molar-refractivity contribution < 1.29 is 14.3 Å². The number of hydrazine groups is 1. The number of hydrogen-bond donors (Lipinski definition) is 5. The Morgan fingerprint density at radius 3 is 2.58 bits per heavy atom. The van der Waals surface area contributed by atoms with Crippen LogP contribution in [0.3, 0.4) is 0 Å². The number of benzene rings is 2. The van der Waals surface area contributed by atoms with Crippen molar-refractivity contribution in [2.45, 2.75) is 26.0 Å². The Bertz CT molecular complexity index is 1040. The fourth-order valence-electron chi connectivity index (χ4n) is 3.05. The predicted octanol–water partition coefficient (Wildman–Crippen LogP) is 2.52. The van der Waals surface area contributed by atoms with E-state index in [0.29, 0.717) is 6.54 Å². The molecule has 9 heteroatoms. The Hall–Kier alpha value is -3.59. The maximum Gasteiger partial charge on any atom is 0.408 e. The van der Waals surface area contributed by atoms with Crippen LogP contribution >= 0.6 is 12.2 Å². The summed E-state index contributed by atoms with van der Waals surface area (Å²) in [6.07, 6.45) is 1.42. The first-order valence-corrected chi connectivity index (χ1v) is 10.3. The van der Waals surface area contributed by atoms with E-state index >= 15 is 0 Å². The van der Waals surface area contributed by atoms with Crippen LogP contribution in [0.2, 0.25) is 0 Å². The largest absolute Gasteiger partial charge is 0.445 e. The number of carbonyl (C=O) groups is 2. The Morgan fingerprint density at radius 2 is 1.81 bits per heavy atom. The molecular weight excluding hydrogens is 414 g/mol. The molecule has 8 nitrogen and oxygen atoms in total. The number of alkyl carbamates (subject to hydrolysis) is 1.